The highest BCUT2D eigenvalue weighted by molar-refractivity contribution is 7.92. The highest BCUT2D eigenvalue weighted by Crippen LogP contribution is 2.30. The molecule has 5 rings (SSSR count). The van der Waals surface area contributed by atoms with Crippen LogP contribution < -0.4 is 14.8 Å². The second kappa shape index (κ2) is 14.7. The van der Waals surface area contributed by atoms with Crippen molar-refractivity contribution in [3.8, 4) is 17.1 Å². The minimum absolute atomic E-state index is 0.0380. The first-order valence-corrected chi connectivity index (χ1v) is 18.0. The Hall–Kier alpha value is -4.24. The summed E-state index contributed by atoms with van der Waals surface area (Å²) < 4.78 is 35.9. The van der Waals surface area contributed by atoms with Gasteiger partial charge in [-0.25, -0.2) is 18.1 Å². The van der Waals surface area contributed by atoms with Crippen LogP contribution in [0.25, 0.3) is 11.3 Å². The smallest absolute Gasteiger partial charge is 0.264 e. The number of hydrogen-bond acceptors (Lipinski definition) is 6. The van der Waals surface area contributed by atoms with Crippen LogP contribution >= 0.6 is 0 Å². The van der Waals surface area contributed by atoms with Gasteiger partial charge in [-0.1, -0.05) is 101 Å². The van der Waals surface area contributed by atoms with E-state index in [0.29, 0.717) is 18.2 Å². The first-order valence-electron chi connectivity index (χ1n) is 16.5. The van der Waals surface area contributed by atoms with Gasteiger partial charge in [-0.05, 0) is 72.1 Å². The molecule has 1 amide bonds. The van der Waals surface area contributed by atoms with Crippen LogP contribution in [0.1, 0.15) is 91.9 Å². The van der Waals surface area contributed by atoms with Crippen LogP contribution in [0.2, 0.25) is 0 Å². The molecule has 0 radical (unpaired) electrons. The molecule has 1 aromatic heterocycles. The van der Waals surface area contributed by atoms with Gasteiger partial charge in [-0.2, -0.15) is 4.98 Å². The fourth-order valence-electron chi connectivity index (χ4n) is 6.10. The molecule has 9 heteroatoms. The minimum atomic E-state index is -4.14. The van der Waals surface area contributed by atoms with Crippen LogP contribution in [-0.2, 0) is 22.0 Å². The topological polar surface area (TPSA) is 110 Å². The molecule has 47 heavy (non-hydrogen) atoms. The largest absolute Gasteiger partial charge is 0.473 e. The zero-order valence-electron chi connectivity index (χ0n) is 28.1. The predicted octanol–water partition coefficient (Wildman–Crippen LogP) is 8.14. The SMILES string of the molecule is Cc1cccc(C)c1-c1cc(OCc2ccc(C(C)(C)C)cc2)nc(NS(=O)(=O)c2cccc(C(=O)NCCC3CCCCC3)c2)n1. The lowest BCUT2D eigenvalue weighted by molar-refractivity contribution is 0.0950. The number of aryl methyl sites for hydroxylation is 2. The van der Waals surface area contributed by atoms with Crippen molar-refractivity contribution in [1.82, 2.24) is 15.3 Å². The van der Waals surface area contributed by atoms with E-state index in [1.54, 1.807) is 18.2 Å². The lowest BCUT2D eigenvalue weighted by Gasteiger charge is -2.21. The lowest BCUT2D eigenvalue weighted by Crippen LogP contribution is -2.26. The molecule has 0 spiro atoms. The number of nitrogens with one attached hydrogen (secondary N) is 2. The summed E-state index contributed by atoms with van der Waals surface area (Å²) in [5.41, 5.74) is 5.89. The Morgan fingerprint density at radius 1 is 0.894 bits per heavy atom. The molecule has 248 valence electrons. The van der Waals surface area contributed by atoms with E-state index in [0.717, 1.165) is 28.7 Å². The van der Waals surface area contributed by atoms with Crippen molar-refractivity contribution in [2.24, 2.45) is 5.92 Å². The number of aromatic nitrogens is 2. The quantitative estimate of drug-likeness (QED) is 0.169. The zero-order valence-corrected chi connectivity index (χ0v) is 28.9. The van der Waals surface area contributed by atoms with E-state index < -0.39 is 10.0 Å². The average molecular weight is 655 g/mol. The molecule has 1 fully saturated rings. The highest BCUT2D eigenvalue weighted by atomic mass is 32.2. The number of hydrogen-bond donors (Lipinski definition) is 2. The zero-order chi connectivity index (χ0) is 33.6. The van der Waals surface area contributed by atoms with E-state index in [4.69, 9.17) is 4.74 Å². The van der Waals surface area contributed by atoms with Crippen LogP contribution in [0.5, 0.6) is 5.88 Å². The van der Waals surface area contributed by atoms with Crippen molar-refractivity contribution in [2.45, 2.75) is 90.1 Å². The molecular formula is C38H46N4O4S. The minimum Gasteiger partial charge on any atom is -0.473 e. The van der Waals surface area contributed by atoms with E-state index in [-0.39, 0.29) is 40.2 Å². The van der Waals surface area contributed by atoms with Crippen molar-refractivity contribution >= 4 is 21.9 Å². The van der Waals surface area contributed by atoms with Gasteiger partial charge in [0.2, 0.25) is 11.8 Å². The standard InChI is InChI=1S/C38H46N4O4S/c1-26-11-9-12-27(2)35(26)33-24-34(46-25-29-17-19-31(20-18-29)38(3,4)5)41-37(40-33)42-47(44,45)32-16-10-15-30(23-32)36(43)39-22-21-28-13-7-6-8-14-28/h9-12,15-20,23-24,28H,6-8,13-14,21-22,25H2,1-5H3,(H,39,43)(H,40,41,42). The fraction of sp³-hybridized carbons (Fsp3) is 0.395. The number of carbonyl (C=O) groups excluding carboxylic acids is 1. The van der Waals surface area contributed by atoms with Gasteiger partial charge in [-0.15, -0.1) is 0 Å². The maximum Gasteiger partial charge on any atom is 0.264 e. The van der Waals surface area contributed by atoms with Gasteiger partial charge in [-0.3, -0.25) is 4.79 Å². The molecule has 3 aromatic carbocycles. The summed E-state index contributed by atoms with van der Waals surface area (Å²) >= 11 is 0. The first kappa shape index (κ1) is 34.1. The van der Waals surface area contributed by atoms with Crippen LogP contribution in [0, 0.1) is 19.8 Å². The van der Waals surface area contributed by atoms with Gasteiger partial charge < -0.3 is 10.1 Å². The third kappa shape index (κ3) is 8.98. The summed E-state index contributed by atoms with van der Waals surface area (Å²) in [7, 11) is -4.14. The van der Waals surface area contributed by atoms with Crippen molar-refractivity contribution in [3.05, 3.63) is 101 Å². The molecule has 0 aliphatic heterocycles. The molecule has 1 heterocycles. The van der Waals surface area contributed by atoms with Crippen molar-refractivity contribution < 1.29 is 17.9 Å². The molecule has 0 unspecified atom stereocenters. The molecule has 0 saturated heterocycles. The van der Waals surface area contributed by atoms with E-state index in [1.807, 2.05) is 44.2 Å². The Balaban J connectivity index is 1.36. The number of carbonyl (C=O) groups is 1. The molecule has 1 saturated carbocycles. The number of sulfonamides is 1. The summed E-state index contributed by atoms with van der Waals surface area (Å²) in [5, 5.41) is 2.96. The molecule has 8 nitrogen and oxygen atoms in total. The van der Waals surface area contributed by atoms with Gasteiger partial charge in [0.25, 0.3) is 15.9 Å². The normalized spacial score (nSPS) is 14.1. The van der Waals surface area contributed by atoms with Crippen molar-refractivity contribution in [2.75, 3.05) is 11.3 Å². The number of rotatable bonds is 11. The Bertz CT molecular complexity index is 1790. The first-order chi connectivity index (χ1) is 22.4. The van der Waals surface area contributed by atoms with E-state index in [2.05, 4.69) is 52.9 Å². The Labute approximate surface area is 279 Å². The molecule has 1 aliphatic rings. The van der Waals surface area contributed by atoms with Gasteiger partial charge >= 0.3 is 0 Å². The third-order valence-electron chi connectivity index (χ3n) is 8.84. The molecule has 2 N–H and O–H groups in total. The lowest BCUT2D eigenvalue weighted by atomic mass is 9.87. The number of benzene rings is 3. The van der Waals surface area contributed by atoms with E-state index >= 15 is 0 Å². The third-order valence-corrected chi connectivity index (χ3v) is 10.2. The van der Waals surface area contributed by atoms with Crippen molar-refractivity contribution in [3.63, 3.8) is 0 Å². The Morgan fingerprint density at radius 3 is 2.26 bits per heavy atom. The fourth-order valence-corrected chi connectivity index (χ4v) is 7.09. The summed E-state index contributed by atoms with van der Waals surface area (Å²) in [5.74, 6) is 0.464. The summed E-state index contributed by atoms with van der Waals surface area (Å²) in [6.45, 7) is 11.3. The highest BCUT2D eigenvalue weighted by Gasteiger charge is 2.21. The van der Waals surface area contributed by atoms with Crippen LogP contribution in [0.4, 0.5) is 5.95 Å². The van der Waals surface area contributed by atoms with Gasteiger partial charge in [0.05, 0.1) is 10.6 Å². The summed E-state index contributed by atoms with van der Waals surface area (Å²) in [4.78, 5) is 21.9. The van der Waals surface area contributed by atoms with Gasteiger partial charge in [0.15, 0.2) is 0 Å². The molecule has 0 atom stereocenters. The van der Waals surface area contributed by atoms with E-state index in [1.165, 1.54) is 49.8 Å². The number of nitrogens with zero attached hydrogens (tertiary/aromatic N) is 2. The molecule has 0 bridgehead atoms. The van der Waals surface area contributed by atoms with Crippen LogP contribution in [-0.4, -0.2) is 30.8 Å². The summed E-state index contributed by atoms with van der Waals surface area (Å²) in [6.07, 6.45) is 7.15. The van der Waals surface area contributed by atoms with Gasteiger partial charge in [0, 0.05) is 23.7 Å². The maximum atomic E-state index is 13.6. The number of amides is 1. The van der Waals surface area contributed by atoms with Crippen molar-refractivity contribution in [1.29, 1.82) is 0 Å². The molecular weight excluding hydrogens is 609 g/mol. The Morgan fingerprint density at radius 2 is 1.57 bits per heavy atom. The molecule has 1 aliphatic carbocycles. The average Bonchev–Trinajstić information content (AvgIpc) is 3.04. The molecule has 4 aromatic rings. The number of ether oxygens (including phenoxy) is 1. The van der Waals surface area contributed by atoms with Gasteiger partial charge in [0.1, 0.15) is 6.61 Å². The Kier molecular flexibility index (Phi) is 10.6. The van der Waals surface area contributed by atoms with Crippen LogP contribution in [0.3, 0.4) is 0 Å². The van der Waals surface area contributed by atoms with Crippen LogP contribution in [0.15, 0.2) is 77.7 Å². The summed E-state index contributed by atoms with van der Waals surface area (Å²) in [6, 6.07) is 21.9. The second-order valence-corrected chi connectivity index (χ2v) is 15.3. The monoisotopic (exact) mass is 654 g/mol. The number of anilines is 1. The maximum absolute atomic E-state index is 13.6. The second-order valence-electron chi connectivity index (χ2n) is 13.6. The predicted molar refractivity (Wildman–Crippen MR) is 187 cm³/mol. The van der Waals surface area contributed by atoms with E-state index in [9.17, 15) is 13.2 Å².